The lowest BCUT2D eigenvalue weighted by Crippen LogP contribution is -2.43. The maximum absolute atomic E-state index is 14.3. The van der Waals surface area contributed by atoms with E-state index in [0.29, 0.717) is 4.47 Å². The van der Waals surface area contributed by atoms with Crippen LogP contribution in [0.15, 0.2) is 51.8 Å². The van der Waals surface area contributed by atoms with Crippen LogP contribution in [0.4, 0.5) is 15.8 Å². The first kappa shape index (κ1) is 22.3. The summed E-state index contributed by atoms with van der Waals surface area (Å²) in [6.07, 6.45) is 0. The highest BCUT2D eigenvalue weighted by molar-refractivity contribution is 9.10. The molecule has 1 unspecified atom stereocenters. The zero-order valence-corrected chi connectivity index (χ0v) is 16.7. The zero-order chi connectivity index (χ0) is 18.8. The van der Waals surface area contributed by atoms with Crippen LogP contribution in [-0.4, -0.2) is 25.9 Å². The first-order valence-electron chi connectivity index (χ1n) is 7.12. The second-order valence-corrected chi connectivity index (χ2v) is 7.96. The highest BCUT2D eigenvalue weighted by Gasteiger charge is 2.31. The predicted molar refractivity (Wildman–Crippen MR) is 103 cm³/mol. The number of sulfonamides is 1. The van der Waals surface area contributed by atoms with E-state index in [4.69, 9.17) is 5.73 Å². The van der Waals surface area contributed by atoms with Gasteiger partial charge in [-0.3, -0.25) is 14.4 Å². The molecular formula is C15H16BrClFN3O4S. The third-order valence-corrected chi connectivity index (χ3v) is 5.93. The number of nitrogens with zero attached hydrogens (tertiary/aromatic N) is 2. The molecule has 0 aliphatic carbocycles. The molecule has 0 aliphatic heterocycles. The number of hydrogen-bond acceptors (Lipinski definition) is 5. The summed E-state index contributed by atoms with van der Waals surface area (Å²) in [7, 11) is -4.18. The summed E-state index contributed by atoms with van der Waals surface area (Å²) < 4.78 is 41.6. The molecule has 0 fully saturated rings. The van der Waals surface area contributed by atoms with E-state index in [1.54, 1.807) is 6.92 Å². The molecule has 26 heavy (non-hydrogen) atoms. The summed E-state index contributed by atoms with van der Waals surface area (Å²) in [5.74, 6) is -0.728. The molecule has 11 heteroatoms. The van der Waals surface area contributed by atoms with Crippen LogP contribution >= 0.6 is 28.3 Å². The van der Waals surface area contributed by atoms with E-state index in [-0.39, 0.29) is 35.2 Å². The van der Waals surface area contributed by atoms with E-state index in [2.05, 4.69) is 15.9 Å². The average molecular weight is 469 g/mol. The van der Waals surface area contributed by atoms with Crippen LogP contribution < -0.4 is 10.0 Å². The lowest BCUT2D eigenvalue weighted by Gasteiger charge is -2.30. The van der Waals surface area contributed by atoms with Crippen molar-refractivity contribution in [2.45, 2.75) is 17.9 Å². The Morgan fingerprint density at radius 1 is 1.27 bits per heavy atom. The van der Waals surface area contributed by atoms with E-state index in [0.717, 1.165) is 34.6 Å². The topological polar surface area (TPSA) is 107 Å². The summed E-state index contributed by atoms with van der Waals surface area (Å²) in [5.41, 5.74) is 5.20. The highest BCUT2D eigenvalue weighted by atomic mass is 79.9. The minimum atomic E-state index is -4.18. The smallest absolute Gasteiger partial charge is 0.269 e. The molecule has 142 valence electrons. The summed E-state index contributed by atoms with van der Waals surface area (Å²) in [6, 6.07) is 7.57. The molecule has 2 aromatic rings. The molecule has 0 bridgehead atoms. The molecular weight excluding hydrogens is 453 g/mol. The molecule has 0 spiro atoms. The Bertz CT molecular complexity index is 896. The Balaban J connectivity index is 0.00000338. The van der Waals surface area contributed by atoms with Gasteiger partial charge in [0.25, 0.3) is 15.7 Å². The van der Waals surface area contributed by atoms with Gasteiger partial charge in [-0.15, -0.1) is 12.4 Å². The van der Waals surface area contributed by atoms with Gasteiger partial charge in [-0.25, -0.2) is 12.8 Å². The third kappa shape index (κ3) is 4.50. The molecule has 0 aliphatic rings. The number of anilines is 1. The van der Waals surface area contributed by atoms with Gasteiger partial charge in [0.15, 0.2) is 0 Å². The third-order valence-electron chi connectivity index (χ3n) is 3.49. The Hall–Kier alpha value is -1.75. The minimum absolute atomic E-state index is 0. The molecule has 2 rings (SSSR count). The first-order chi connectivity index (χ1) is 11.7. The summed E-state index contributed by atoms with van der Waals surface area (Å²) >= 11 is 3.19. The fraction of sp³-hybridized carbons (Fsp3) is 0.200. The van der Waals surface area contributed by atoms with Crippen molar-refractivity contribution >= 4 is 49.7 Å². The number of non-ortho nitro benzene ring substituents is 1. The van der Waals surface area contributed by atoms with Crippen molar-refractivity contribution in [3.05, 3.63) is 62.9 Å². The van der Waals surface area contributed by atoms with E-state index in [1.807, 2.05) is 0 Å². The SMILES string of the molecule is CC(CN)N(c1cc(Br)ccc1F)S(=O)(=O)c1ccc([N+](=O)[O-])cc1.Cl. The summed E-state index contributed by atoms with van der Waals surface area (Å²) in [5, 5.41) is 10.7. The van der Waals surface area contributed by atoms with Crippen LogP contribution in [0.1, 0.15) is 6.92 Å². The molecule has 0 saturated carbocycles. The van der Waals surface area contributed by atoms with Crippen molar-refractivity contribution in [3.63, 3.8) is 0 Å². The average Bonchev–Trinajstić information content (AvgIpc) is 2.57. The largest absolute Gasteiger partial charge is 0.328 e. The van der Waals surface area contributed by atoms with Crippen LogP contribution in [0, 0.1) is 15.9 Å². The molecule has 7 nitrogen and oxygen atoms in total. The van der Waals surface area contributed by atoms with E-state index in [1.165, 1.54) is 12.1 Å². The molecule has 1 atom stereocenters. The van der Waals surface area contributed by atoms with Gasteiger partial charge in [-0.05, 0) is 37.3 Å². The molecule has 0 heterocycles. The van der Waals surface area contributed by atoms with Gasteiger partial charge >= 0.3 is 0 Å². The van der Waals surface area contributed by atoms with Crippen molar-refractivity contribution in [3.8, 4) is 0 Å². The van der Waals surface area contributed by atoms with Gasteiger partial charge in [-0.1, -0.05) is 15.9 Å². The zero-order valence-electron chi connectivity index (χ0n) is 13.5. The monoisotopic (exact) mass is 467 g/mol. The second kappa shape index (κ2) is 8.76. The van der Waals surface area contributed by atoms with Crippen molar-refractivity contribution in [1.29, 1.82) is 0 Å². The maximum Gasteiger partial charge on any atom is 0.269 e. The summed E-state index contributed by atoms with van der Waals surface area (Å²) in [4.78, 5) is 9.90. The lowest BCUT2D eigenvalue weighted by atomic mass is 10.2. The molecule has 0 aromatic heterocycles. The second-order valence-electron chi connectivity index (χ2n) is 5.23. The standard InChI is InChI=1S/C15H15BrFN3O4S.ClH/c1-10(9-18)19(15-8-11(16)2-7-14(15)17)25(23,24)13-5-3-12(4-6-13)20(21)22;/h2-8,10H,9,18H2,1H3;1H. The van der Waals surface area contributed by atoms with E-state index in [9.17, 15) is 22.9 Å². The molecule has 0 saturated heterocycles. The number of halogens is 3. The lowest BCUT2D eigenvalue weighted by molar-refractivity contribution is -0.384. The Morgan fingerprint density at radius 2 is 1.85 bits per heavy atom. The Labute approximate surface area is 164 Å². The van der Waals surface area contributed by atoms with Crippen molar-refractivity contribution in [2.75, 3.05) is 10.8 Å². The fourth-order valence-electron chi connectivity index (χ4n) is 2.21. The quantitative estimate of drug-likeness (QED) is 0.516. The van der Waals surface area contributed by atoms with Gasteiger partial charge < -0.3 is 5.73 Å². The van der Waals surface area contributed by atoms with Gasteiger partial charge in [0, 0.05) is 23.2 Å². The van der Waals surface area contributed by atoms with Crippen LogP contribution in [0.25, 0.3) is 0 Å². The van der Waals surface area contributed by atoms with E-state index >= 15 is 0 Å². The van der Waals surface area contributed by atoms with Crippen molar-refractivity contribution in [2.24, 2.45) is 5.73 Å². The predicted octanol–water partition coefficient (Wildman–Crippen LogP) is 3.46. The van der Waals surface area contributed by atoms with Crippen molar-refractivity contribution < 1.29 is 17.7 Å². The highest BCUT2D eigenvalue weighted by Crippen LogP contribution is 2.31. The number of hydrogen-bond donors (Lipinski definition) is 1. The van der Waals surface area contributed by atoms with Crippen molar-refractivity contribution in [1.82, 2.24) is 0 Å². The fourth-order valence-corrected chi connectivity index (χ4v) is 4.22. The number of benzene rings is 2. The first-order valence-corrected chi connectivity index (χ1v) is 9.35. The number of nitrogens with two attached hydrogens (primary N) is 1. The number of nitro benzene ring substituents is 1. The molecule has 0 radical (unpaired) electrons. The van der Waals surface area contributed by atoms with Gasteiger partial charge in [0.1, 0.15) is 5.82 Å². The molecule has 2 aromatic carbocycles. The maximum atomic E-state index is 14.3. The van der Waals surface area contributed by atoms with Gasteiger partial charge in [-0.2, -0.15) is 0 Å². The van der Waals surface area contributed by atoms with Crippen LogP contribution in [0.5, 0.6) is 0 Å². The normalized spacial score (nSPS) is 12.2. The van der Waals surface area contributed by atoms with Crippen LogP contribution in [-0.2, 0) is 10.0 Å². The summed E-state index contributed by atoms with van der Waals surface area (Å²) in [6.45, 7) is 1.50. The minimum Gasteiger partial charge on any atom is -0.328 e. The van der Waals surface area contributed by atoms with Crippen LogP contribution in [0.3, 0.4) is 0 Å². The molecule has 0 amide bonds. The Kier molecular flexibility index (Phi) is 7.51. The van der Waals surface area contributed by atoms with Crippen LogP contribution in [0.2, 0.25) is 0 Å². The number of rotatable bonds is 6. The van der Waals surface area contributed by atoms with Gasteiger partial charge in [0.2, 0.25) is 0 Å². The Morgan fingerprint density at radius 3 is 2.35 bits per heavy atom. The van der Waals surface area contributed by atoms with E-state index < -0.39 is 26.8 Å². The molecule has 2 N–H and O–H groups in total. The number of nitro groups is 1. The van der Waals surface area contributed by atoms with Gasteiger partial charge in [0.05, 0.1) is 21.5 Å².